The van der Waals surface area contributed by atoms with Crippen molar-refractivity contribution in [1.29, 1.82) is 0 Å². The lowest BCUT2D eigenvalue weighted by molar-refractivity contribution is -0.0886. The summed E-state index contributed by atoms with van der Waals surface area (Å²) in [5.41, 5.74) is 0.110. The number of rotatable bonds is 4. The maximum atomic E-state index is 12.6. The Morgan fingerprint density at radius 3 is 2.55 bits per heavy atom. The quantitative estimate of drug-likeness (QED) is 0.795. The lowest BCUT2D eigenvalue weighted by Gasteiger charge is -2.13. The molecule has 6 heteroatoms. The summed E-state index contributed by atoms with van der Waals surface area (Å²) in [6.45, 7) is 0. The van der Waals surface area contributed by atoms with Crippen molar-refractivity contribution in [3.05, 3.63) is 51.7 Å². The van der Waals surface area contributed by atoms with Gasteiger partial charge in [0.25, 0.3) is 5.78 Å². The molecular formula is C14H11F3O2S. The highest BCUT2D eigenvalue weighted by Gasteiger charge is 2.41. The third kappa shape index (κ3) is 3.01. The molecule has 0 aliphatic rings. The van der Waals surface area contributed by atoms with E-state index in [0.717, 1.165) is 10.9 Å². The number of hydrogen-bond acceptors (Lipinski definition) is 3. The molecule has 0 saturated carbocycles. The smallest absolute Gasteiger partial charge is 0.455 e. The van der Waals surface area contributed by atoms with Gasteiger partial charge in [-0.3, -0.25) is 4.79 Å². The van der Waals surface area contributed by atoms with Crippen LogP contribution in [-0.4, -0.2) is 19.1 Å². The van der Waals surface area contributed by atoms with E-state index in [4.69, 9.17) is 4.74 Å². The standard InChI is InChI=1S/C14H11F3O2S/c1-19-12-9(8-10-5-3-7-20-10)4-2-6-11(12)13(18)14(15,16)17/h2-7H,8H2,1H3. The van der Waals surface area contributed by atoms with Crippen LogP contribution in [0.2, 0.25) is 0 Å². The van der Waals surface area contributed by atoms with Crippen molar-refractivity contribution in [1.82, 2.24) is 0 Å². The van der Waals surface area contributed by atoms with E-state index in [-0.39, 0.29) is 5.75 Å². The molecule has 0 bridgehead atoms. The molecule has 1 heterocycles. The van der Waals surface area contributed by atoms with Crippen molar-refractivity contribution >= 4 is 17.1 Å². The molecule has 0 aliphatic heterocycles. The molecule has 0 atom stereocenters. The summed E-state index contributed by atoms with van der Waals surface area (Å²) in [5, 5.41) is 1.88. The lowest BCUT2D eigenvalue weighted by Crippen LogP contribution is -2.23. The molecule has 0 amide bonds. The van der Waals surface area contributed by atoms with Gasteiger partial charge in [0, 0.05) is 16.9 Å². The summed E-state index contributed by atoms with van der Waals surface area (Å²) in [5.74, 6) is -1.90. The summed E-state index contributed by atoms with van der Waals surface area (Å²) in [6, 6.07) is 7.96. The van der Waals surface area contributed by atoms with Gasteiger partial charge in [-0.05, 0) is 17.5 Å². The highest BCUT2D eigenvalue weighted by molar-refractivity contribution is 7.09. The Kier molecular flexibility index (Phi) is 4.13. The van der Waals surface area contributed by atoms with Gasteiger partial charge in [0.15, 0.2) is 0 Å². The number of carbonyl (C=O) groups is 1. The Morgan fingerprint density at radius 1 is 1.25 bits per heavy atom. The zero-order valence-electron chi connectivity index (χ0n) is 10.5. The zero-order valence-corrected chi connectivity index (χ0v) is 11.3. The molecule has 0 fully saturated rings. The molecule has 2 rings (SSSR count). The van der Waals surface area contributed by atoms with Gasteiger partial charge in [-0.15, -0.1) is 11.3 Å². The first-order valence-corrected chi connectivity index (χ1v) is 6.61. The van der Waals surface area contributed by atoms with Crippen LogP contribution in [0, 0.1) is 0 Å². The number of para-hydroxylation sites is 1. The summed E-state index contributed by atoms with van der Waals surface area (Å²) < 4.78 is 42.7. The van der Waals surface area contributed by atoms with Gasteiger partial charge in [-0.1, -0.05) is 18.2 Å². The van der Waals surface area contributed by atoms with E-state index < -0.39 is 17.5 Å². The van der Waals surface area contributed by atoms with Gasteiger partial charge in [-0.25, -0.2) is 0 Å². The number of halogens is 3. The topological polar surface area (TPSA) is 26.3 Å². The fourth-order valence-corrected chi connectivity index (χ4v) is 2.63. The Hall–Kier alpha value is -1.82. The molecule has 0 N–H and O–H groups in total. The Balaban J connectivity index is 2.42. The SMILES string of the molecule is COc1c(Cc2cccs2)cccc1C(=O)C(F)(F)F. The monoisotopic (exact) mass is 300 g/mol. The lowest BCUT2D eigenvalue weighted by atomic mass is 10.0. The predicted octanol–water partition coefficient (Wildman–Crippen LogP) is 4.09. The maximum absolute atomic E-state index is 12.6. The number of methoxy groups -OCH3 is 1. The number of thiophene rings is 1. The Labute approximate surface area is 117 Å². The van der Waals surface area contributed by atoms with Crippen molar-refractivity contribution in [3.8, 4) is 5.75 Å². The average molecular weight is 300 g/mol. The van der Waals surface area contributed by atoms with Gasteiger partial charge >= 0.3 is 6.18 Å². The van der Waals surface area contributed by atoms with E-state index in [1.165, 1.54) is 24.5 Å². The maximum Gasteiger partial charge on any atom is 0.455 e. The molecule has 2 nitrogen and oxygen atoms in total. The van der Waals surface area contributed by atoms with Gasteiger partial charge in [-0.2, -0.15) is 13.2 Å². The van der Waals surface area contributed by atoms with E-state index in [9.17, 15) is 18.0 Å². The predicted molar refractivity (Wildman–Crippen MR) is 70.5 cm³/mol. The number of ketones is 1. The molecule has 1 aromatic carbocycles. The van der Waals surface area contributed by atoms with Crippen LogP contribution in [-0.2, 0) is 6.42 Å². The van der Waals surface area contributed by atoms with E-state index in [2.05, 4.69) is 0 Å². The first-order valence-electron chi connectivity index (χ1n) is 5.73. The molecule has 106 valence electrons. The second-order valence-corrected chi connectivity index (χ2v) is 5.11. The summed E-state index contributed by atoms with van der Waals surface area (Å²) in [6.07, 6.45) is -4.48. The van der Waals surface area contributed by atoms with Crippen molar-refractivity contribution in [2.24, 2.45) is 0 Å². The molecular weight excluding hydrogens is 289 g/mol. The van der Waals surface area contributed by atoms with Gasteiger partial charge in [0.1, 0.15) is 5.75 Å². The zero-order chi connectivity index (χ0) is 14.8. The molecule has 2 aromatic rings. The second-order valence-electron chi connectivity index (χ2n) is 4.08. The van der Waals surface area contributed by atoms with Crippen LogP contribution < -0.4 is 4.74 Å². The van der Waals surface area contributed by atoms with Gasteiger partial charge in [0.05, 0.1) is 12.7 Å². The number of benzene rings is 1. The van der Waals surface area contributed by atoms with Crippen molar-refractivity contribution in [2.45, 2.75) is 12.6 Å². The normalized spacial score (nSPS) is 11.4. The second kappa shape index (κ2) is 5.66. The minimum Gasteiger partial charge on any atom is -0.496 e. The van der Waals surface area contributed by atoms with Gasteiger partial charge < -0.3 is 4.74 Å². The first-order chi connectivity index (χ1) is 9.43. The molecule has 0 spiro atoms. The number of Topliss-reactive ketones (excluding diaryl/α,β-unsaturated/α-hetero) is 1. The molecule has 1 aromatic heterocycles. The molecule has 0 saturated heterocycles. The molecule has 0 radical (unpaired) electrons. The highest BCUT2D eigenvalue weighted by atomic mass is 32.1. The third-order valence-electron chi connectivity index (χ3n) is 2.75. The third-order valence-corrected chi connectivity index (χ3v) is 3.62. The first kappa shape index (κ1) is 14.6. The fourth-order valence-electron chi connectivity index (χ4n) is 1.90. The van der Waals surface area contributed by atoms with Crippen LogP contribution in [0.15, 0.2) is 35.7 Å². The Morgan fingerprint density at radius 2 is 2.00 bits per heavy atom. The van der Waals surface area contributed by atoms with E-state index in [1.807, 2.05) is 17.5 Å². The van der Waals surface area contributed by atoms with E-state index in [0.29, 0.717) is 12.0 Å². The minimum absolute atomic E-state index is 0.0109. The molecule has 0 unspecified atom stereocenters. The largest absolute Gasteiger partial charge is 0.496 e. The average Bonchev–Trinajstić information content (AvgIpc) is 2.89. The minimum atomic E-state index is -4.91. The number of carbonyl (C=O) groups excluding carboxylic acids is 1. The van der Waals surface area contributed by atoms with Crippen molar-refractivity contribution in [2.75, 3.05) is 7.11 Å². The van der Waals surface area contributed by atoms with Crippen LogP contribution in [0.25, 0.3) is 0 Å². The summed E-state index contributed by atoms with van der Waals surface area (Å²) in [4.78, 5) is 12.4. The van der Waals surface area contributed by atoms with Gasteiger partial charge in [0.2, 0.25) is 0 Å². The van der Waals surface area contributed by atoms with Crippen LogP contribution in [0.5, 0.6) is 5.75 Å². The van der Waals surface area contributed by atoms with Crippen LogP contribution in [0.1, 0.15) is 20.8 Å². The van der Waals surface area contributed by atoms with Crippen LogP contribution in [0.3, 0.4) is 0 Å². The van der Waals surface area contributed by atoms with Crippen LogP contribution >= 0.6 is 11.3 Å². The van der Waals surface area contributed by atoms with E-state index in [1.54, 1.807) is 6.07 Å². The van der Waals surface area contributed by atoms with Crippen LogP contribution in [0.4, 0.5) is 13.2 Å². The summed E-state index contributed by atoms with van der Waals surface area (Å²) in [7, 11) is 1.26. The molecule has 0 aliphatic carbocycles. The van der Waals surface area contributed by atoms with Crippen molar-refractivity contribution in [3.63, 3.8) is 0 Å². The highest BCUT2D eigenvalue weighted by Crippen LogP contribution is 2.32. The summed E-state index contributed by atoms with van der Waals surface area (Å²) >= 11 is 1.49. The fraction of sp³-hybridized carbons (Fsp3) is 0.214. The number of alkyl halides is 3. The van der Waals surface area contributed by atoms with Crippen molar-refractivity contribution < 1.29 is 22.7 Å². The number of ether oxygens (including phenoxy) is 1. The molecule has 20 heavy (non-hydrogen) atoms. The number of hydrogen-bond donors (Lipinski definition) is 0. The Bertz CT molecular complexity index is 603. The van der Waals surface area contributed by atoms with E-state index >= 15 is 0 Å².